The van der Waals surface area contributed by atoms with Crippen LogP contribution in [0.25, 0.3) is 0 Å². The lowest BCUT2D eigenvalue weighted by Crippen LogP contribution is -2.35. The predicted octanol–water partition coefficient (Wildman–Crippen LogP) is -0.707. The number of aliphatic carboxylic acids is 1. The number of nitrogens with zero attached hydrogens (tertiary/aromatic N) is 2. The highest BCUT2D eigenvalue weighted by atomic mass is 32.2. The number of pyridine rings is 1. The van der Waals surface area contributed by atoms with Gasteiger partial charge in [0.2, 0.25) is 15.9 Å². The van der Waals surface area contributed by atoms with Crippen LogP contribution in [-0.2, 0) is 19.6 Å². The van der Waals surface area contributed by atoms with Crippen LogP contribution < -0.4 is 4.72 Å². The van der Waals surface area contributed by atoms with Crippen LogP contribution in [0.2, 0.25) is 0 Å². The molecule has 9 heteroatoms. The molecule has 1 rings (SSSR count). The van der Waals surface area contributed by atoms with Crippen molar-refractivity contribution in [2.45, 2.75) is 11.3 Å². The SMILES string of the molecule is CN(CC(=O)O)C(=O)CCNS(=O)(=O)c1cccnc1. The Balaban J connectivity index is 2.48. The maximum atomic E-state index is 11.8. The summed E-state index contributed by atoms with van der Waals surface area (Å²) in [5, 5.41) is 8.52. The summed E-state index contributed by atoms with van der Waals surface area (Å²) in [5.41, 5.74) is 0. The number of nitrogens with one attached hydrogen (secondary N) is 1. The zero-order valence-corrected chi connectivity index (χ0v) is 11.6. The maximum absolute atomic E-state index is 11.8. The van der Waals surface area contributed by atoms with E-state index in [1.807, 2.05) is 0 Å². The molecule has 0 atom stereocenters. The molecule has 0 spiro atoms. The van der Waals surface area contributed by atoms with Gasteiger partial charge in [-0.3, -0.25) is 14.6 Å². The summed E-state index contributed by atoms with van der Waals surface area (Å²) in [7, 11) is -2.36. The van der Waals surface area contributed by atoms with E-state index in [1.165, 1.54) is 31.6 Å². The fraction of sp³-hybridized carbons (Fsp3) is 0.364. The number of sulfonamides is 1. The Morgan fingerprint density at radius 3 is 2.70 bits per heavy atom. The highest BCUT2D eigenvalue weighted by molar-refractivity contribution is 7.89. The smallest absolute Gasteiger partial charge is 0.323 e. The van der Waals surface area contributed by atoms with Gasteiger partial charge in [0.05, 0.1) is 0 Å². The molecule has 8 nitrogen and oxygen atoms in total. The molecule has 0 saturated heterocycles. The standard InChI is InChI=1S/C11H15N3O5S/c1-14(8-11(16)17)10(15)4-6-13-20(18,19)9-3-2-5-12-7-9/h2-3,5,7,13H,4,6,8H2,1H3,(H,16,17). The van der Waals surface area contributed by atoms with Gasteiger partial charge < -0.3 is 10.0 Å². The van der Waals surface area contributed by atoms with Crippen molar-refractivity contribution in [3.05, 3.63) is 24.5 Å². The van der Waals surface area contributed by atoms with E-state index in [4.69, 9.17) is 5.11 Å². The summed E-state index contributed by atoms with van der Waals surface area (Å²) in [6.07, 6.45) is 2.52. The van der Waals surface area contributed by atoms with Crippen LogP contribution in [0.5, 0.6) is 0 Å². The average Bonchev–Trinajstić information content (AvgIpc) is 2.38. The van der Waals surface area contributed by atoms with Crippen LogP contribution in [0, 0.1) is 0 Å². The third-order valence-electron chi connectivity index (χ3n) is 2.37. The molecule has 1 aromatic rings. The van der Waals surface area contributed by atoms with Crippen molar-refractivity contribution in [2.24, 2.45) is 0 Å². The molecule has 110 valence electrons. The van der Waals surface area contributed by atoms with Gasteiger partial charge in [-0.2, -0.15) is 0 Å². The van der Waals surface area contributed by atoms with Crippen LogP contribution in [0.3, 0.4) is 0 Å². The largest absolute Gasteiger partial charge is 0.480 e. The van der Waals surface area contributed by atoms with Crippen molar-refractivity contribution >= 4 is 21.9 Å². The minimum absolute atomic E-state index is 0.00587. The summed E-state index contributed by atoms with van der Waals surface area (Å²) in [4.78, 5) is 26.7. The van der Waals surface area contributed by atoms with Gasteiger partial charge in [0.15, 0.2) is 0 Å². The number of hydrogen-bond donors (Lipinski definition) is 2. The van der Waals surface area contributed by atoms with E-state index in [1.54, 1.807) is 0 Å². The Hall–Kier alpha value is -2.00. The lowest BCUT2D eigenvalue weighted by molar-refractivity contribution is -0.143. The normalized spacial score (nSPS) is 11.1. The lowest BCUT2D eigenvalue weighted by atomic mass is 10.4. The van der Waals surface area contributed by atoms with E-state index in [2.05, 4.69) is 9.71 Å². The molecule has 0 unspecified atom stereocenters. The van der Waals surface area contributed by atoms with E-state index in [0.29, 0.717) is 0 Å². The minimum Gasteiger partial charge on any atom is -0.480 e. The van der Waals surface area contributed by atoms with E-state index in [9.17, 15) is 18.0 Å². The van der Waals surface area contributed by atoms with Crippen LogP contribution >= 0.6 is 0 Å². The fourth-order valence-electron chi connectivity index (χ4n) is 1.36. The number of carboxylic acids is 1. The summed E-state index contributed by atoms with van der Waals surface area (Å²) in [5.74, 6) is -1.59. The zero-order chi connectivity index (χ0) is 15.2. The molecular formula is C11H15N3O5S. The van der Waals surface area contributed by atoms with Gasteiger partial charge in [0, 0.05) is 32.4 Å². The summed E-state index contributed by atoms with van der Waals surface area (Å²) >= 11 is 0. The molecule has 0 bridgehead atoms. The second-order valence-electron chi connectivity index (χ2n) is 3.98. The first-order valence-electron chi connectivity index (χ1n) is 5.68. The minimum atomic E-state index is -3.70. The van der Waals surface area contributed by atoms with Gasteiger partial charge in [0.1, 0.15) is 11.4 Å². The monoisotopic (exact) mass is 301 g/mol. The Kier molecular flexibility index (Phi) is 5.59. The van der Waals surface area contributed by atoms with Crippen LogP contribution in [0.15, 0.2) is 29.4 Å². The molecule has 0 saturated carbocycles. The van der Waals surface area contributed by atoms with Gasteiger partial charge in [0.25, 0.3) is 0 Å². The number of hydrogen-bond acceptors (Lipinski definition) is 5. The van der Waals surface area contributed by atoms with Gasteiger partial charge in [-0.25, -0.2) is 13.1 Å². The highest BCUT2D eigenvalue weighted by Gasteiger charge is 2.16. The third kappa shape index (κ3) is 4.94. The van der Waals surface area contributed by atoms with Crippen molar-refractivity contribution in [1.29, 1.82) is 0 Å². The molecule has 1 aromatic heterocycles. The van der Waals surface area contributed by atoms with Crippen LogP contribution in [0.4, 0.5) is 0 Å². The second-order valence-corrected chi connectivity index (χ2v) is 5.75. The van der Waals surface area contributed by atoms with E-state index >= 15 is 0 Å². The number of likely N-dealkylation sites (N-methyl/N-ethyl adjacent to an activating group) is 1. The first-order valence-corrected chi connectivity index (χ1v) is 7.16. The van der Waals surface area contributed by atoms with Crippen LogP contribution in [0.1, 0.15) is 6.42 Å². The first kappa shape index (κ1) is 16.1. The number of carbonyl (C=O) groups excluding carboxylic acids is 1. The number of carboxylic acid groups (broad SMARTS) is 1. The van der Waals surface area contributed by atoms with Gasteiger partial charge in [-0.15, -0.1) is 0 Å². The Bertz CT molecular complexity index is 573. The zero-order valence-electron chi connectivity index (χ0n) is 10.8. The van der Waals surface area contributed by atoms with Gasteiger partial charge in [-0.1, -0.05) is 0 Å². The fourth-order valence-corrected chi connectivity index (χ4v) is 2.36. The quantitative estimate of drug-likeness (QED) is 0.687. The van der Waals surface area contributed by atoms with Crippen molar-refractivity contribution in [2.75, 3.05) is 20.1 Å². The van der Waals surface area contributed by atoms with Crippen molar-refractivity contribution in [1.82, 2.24) is 14.6 Å². The van der Waals surface area contributed by atoms with E-state index in [0.717, 1.165) is 4.90 Å². The third-order valence-corrected chi connectivity index (χ3v) is 3.82. The molecule has 0 aliphatic rings. The molecule has 0 fully saturated rings. The van der Waals surface area contributed by atoms with Crippen molar-refractivity contribution < 1.29 is 23.1 Å². The second kappa shape index (κ2) is 6.96. The number of rotatable bonds is 7. The van der Waals surface area contributed by atoms with E-state index < -0.39 is 28.4 Å². The van der Waals surface area contributed by atoms with E-state index in [-0.39, 0.29) is 17.9 Å². The lowest BCUT2D eigenvalue weighted by Gasteiger charge is -2.14. The molecule has 1 heterocycles. The molecule has 0 aliphatic heterocycles. The molecule has 20 heavy (non-hydrogen) atoms. The molecule has 0 aromatic carbocycles. The highest BCUT2D eigenvalue weighted by Crippen LogP contribution is 2.05. The topological polar surface area (TPSA) is 117 Å². The van der Waals surface area contributed by atoms with Gasteiger partial charge >= 0.3 is 5.97 Å². The number of aromatic nitrogens is 1. The van der Waals surface area contributed by atoms with Gasteiger partial charge in [-0.05, 0) is 12.1 Å². The Morgan fingerprint density at radius 1 is 1.45 bits per heavy atom. The summed E-state index contributed by atoms with van der Waals surface area (Å²) in [6.45, 7) is -0.534. The number of carbonyl (C=O) groups is 2. The van der Waals surface area contributed by atoms with Crippen molar-refractivity contribution in [3.8, 4) is 0 Å². The molecule has 1 amide bonds. The average molecular weight is 301 g/mol. The number of amides is 1. The molecular weight excluding hydrogens is 286 g/mol. The summed E-state index contributed by atoms with van der Waals surface area (Å²) < 4.78 is 25.8. The Labute approximate surface area is 116 Å². The molecule has 2 N–H and O–H groups in total. The Morgan fingerprint density at radius 2 is 2.15 bits per heavy atom. The van der Waals surface area contributed by atoms with Crippen LogP contribution in [-0.4, -0.2) is 55.4 Å². The molecule has 0 aliphatic carbocycles. The summed E-state index contributed by atoms with van der Waals surface area (Å²) in [6, 6.07) is 2.87. The predicted molar refractivity (Wildman–Crippen MR) is 69.3 cm³/mol. The molecule has 0 radical (unpaired) electrons. The maximum Gasteiger partial charge on any atom is 0.323 e. The first-order chi connectivity index (χ1) is 9.33. The van der Waals surface area contributed by atoms with Crippen molar-refractivity contribution in [3.63, 3.8) is 0 Å².